The smallest absolute Gasteiger partial charge is 0.0737 e. The molecular formula is C64H42N8. The van der Waals surface area contributed by atoms with E-state index in [0.29, 0.717) is 0 Å². The van der Waals surface area contributed by atoms with Crippen LogP contribution in [0, 0.1) is 0 Å². The van der Waals surface area contributed by atoms with Gasteiger partial charge in [0.05, 0.1) is 22.8 Å². The molecule has 8 bridgehead atoms. The Morgan fingerprint density at radius 2 is 0.472 bits per heavy atom. The minimum absolute atomic E-state index is 0.831. The van der Waals surface area contributed by atoms with Gasteiger partial charge in [-0.05, 0) is 200 Å². The number of hydrogen-bond donors (Lipinski definition) is 2. The van der Waals surface area contributed by atoms with E-state index in [2.05, 4.69) is 224 Å². The van der Waals surface area contributed by atoms with Gasteiger partial charge in [0.15, 0.2) is 0 Å². The summed E-state index contributed by atoms with van der Waals surface area (Å²) in [6.45, 7) is 0. The lowest BCUT2D eigenvalue weighted by molar-refractivity contribution is 1.31. The molecule has 8 nitrogen and oxygen atoms in total. The molecule has 0 saturated heterocycles. The highest BCUT2D eigenvalue weighted by molar-refractivity contribution is 6.01. The number of hydrogen-bond acceptors (Lipinski definition) is 6. The van der Waals surface area contributed by atoms with Crippen LogP contribution in [0.15, 0.2) is 219 Å². The number of rotatable bonds is 8. The molecule has 0 saturated carbocycles. The Labute approximate surface area is 415 Å². The summed E-state index contributed by atoms with van der Waals surface area (Å²) in [5, 5.41) is 0. The van der Waals surface area contributed by atoms with Crippen molar-refractivity contribution in [2.75, 3.05) is 0 Å². The first-order valence-electron chi connectivity index (χ1n) is 23.9. The number of nitrogens with zero attached hydrogens (tertiary/aromatic N) is 6. The first kappa shape index (κ1) is 42.2. The topological polar surface area (TPSA) is 109 Å². The second-order valence-corrected chi connectivity index (χ2v) is 17.8. The number of aromatic amines is 2. The molecule has 8 heteroatoms. The molecule has 72 heavy (non-hydrogen) atoms. The van der Waals surface area contributed by atoms with Crippen LogP contribution in [0.4, 0.5) is 0 Å². The molecule has 0 atom stereocenters. The average Bonchev–Trinajstić information content (AvgIpc) is 4.31. The van der Waals surface area contributed by atoms with Gasteiger partial charge in [0.25, 0.3) is 0 Å². The molecule has 13 rings (SSSR count). The predicted octanol–water partition coefficient (Wildman–Crippen LogP) is 15.6. The van der Waals surface area contributed by atoms with Gasteiger partial charge in [-0.1, -0.05) is 60.7 Å². The first-order valence-corrected chi connectivity index (χ1v) is 23.9. The Morgan fingerprint density at radius 1 is 0.222 bits per heavy atom. The van der Waals surface area contributed by atoms with Crippen LogP contribution in [0.1, 0.15) is 22.8 Å². The van der Waals surface area contributed by atoms with E-state index < -0.39 is 0 Å². The highest BCUT2D eigenvalue weighted by Gasteiger charge is 2.21. The summed E-state index contributed by atoms with van der Waals surface area (Å²) in [4.78, 5) is 36.5. The summed E-state index contributed by atoms with van der Waals surface area (Å²) >= 11 is 0. The third-order valence-electron chi connectivity index (χ3n) is 13.4. The standard InChI is InChI=1S/C64H42N8/c1-3-7-45(8-4-1)61-53-11-15-57(69-53)63(51-37-47(41-19-27-65-28-20-41)35-48(38-51)42-21-29-66-30-22-42)59-17-13-55(71-59)62(46-9-5-2-6-10-46)56-14-18-60(72-56)64(58-16-12-54(61)70-58)52-39-49(43-23-31-67-32-24-43)36-50(40-52)44-25-33-68-34-26-44/h1-40,69,72H. The van der Waals surface area contributed by atoms with Gasteiger partial charge in [0.1, 0.15) is 0 Å². The van der Waals surface area contributed by atoms with Gasteiger partial charge < -0.3 is 9.97 Å². The van der Waals surface area contributed by atoms with Crippen molar-refractivity contribution < 1.29 is 0 Å². The maximum atomic E-state index is 5.61. The number of H-pyrrole nitrogens is 2. The van der Waals surface area contributed by atoms with Crippen LogP contribution in [0.5, 0.6) is 0 Å². The van der Waals surface area contributed by atoms with Crippen molar-refractivity contribution in [3.63, 3.8) is 0 Å². The fourth-order valence-corrected chi connectivity index (χ4v) is 10.0. The summed E-state index contributed by atoms with van der Waals surface area (Å²) in [7, 11) is 0. The van der Waals surface area contributed by atoms with Gasteiger partial charge >= 0.3 is 0 Å². The van der Waals surface area contributed by atoms with Crippen LogP contribution in [0.3, 0.4) is 0 Å². The molecule has 11 aromatic rings. The molecule has 2 aliphatic rings. The van der Waals surface area contributed by atoms with Gasteiger partial charge in [-0.3, -0.25) is 19.9 Å². The number of nitrogens with one attached hydrogen (secondary N) is 2. The Kier molecular flexibility index (Phi) is 10.7. The van der Waals surface area contributed by atoms with Crippen LogP contribution in [-0.4, -0.2) is 39.9 Å². The van der Waals surface area contributed by atoms with E-state index in [1.165, 1.54) is 0 Å². The van der Waals surface area contributed by atoms with Gasteiger partial charge in [-0.2, -0.15) is 0 Å². The monoisotopic (exact) mass is 922 g/mol. The lowest BCUT2D eigenvalue weighted by Gasteiger charge is -2.12. The van der Waals surface area contributed by atoms with E-state index in [9.17, 15) is 0 Å². The Hall–Kier alpha value is -9.92. The van der Waals surface area contributed by atoms with Crippen LogP contribution in [-0.2, 0) is 0 Å². The largest absolute Gasteiger partial charge is 0.354 e. The molecule has 4 aromatic carbocycles. The van der Waals surface area contributed by atoms with Crippen molar-refractivity contribution in [3.05, 3.63) is 242 Å². The molecule has 0 spiro atoms. The number of fused-ring (bicyclic) bond motifs is 8. The lowest BCUT2D eigenvalue weighted by atomic mass is 9.93. The van der Waals surface area contributed by atoms with E-state index in [-0.39, 0.29) is 0 Å². The van der Waals surface area contributed by atoms with Crippen molar-refractivity contribution in [3.8, 4) is 89.0 Å². The molecule has 9 heterocycles. The van der Waals surface area contributed by atoms with Gasteiger partial charge in [0, 0.05) is 93.9 Å². The quantitative estimate of drug-likeness (QED) is 0.157. The average molecular weight is 923 g/mol. The van der Waals surface area contributed by atoms with Crippen molar-refractivity contribution in [1.82, 2.24) is 39.9 Å². The minimum atomic E-state index is 0.831. The van der Waals surface area contributed by atoms with E-state index in [0.717, 1.165) is 134 Å². The number of benzene rings is 4. The van der Waals surface area contributed by atoms with Crippen LogP contribution in [0.2, 0.25) is 0 Å². The third kappa shape index (κ3) is 7.98. The molecule has 0 unspecified atom stereocenters. The molecule has 0 amide bonds. The fourth-order valence-electron chi connectivity index (χ4n) is 10.0. The second kappa shape index (κ2) is 18.2. The summed E-state index contributed by atoms with van der Waals surface area (Å²) in [6.07, 6.45) is 23.3. The first-order chi connectivity index (χ1) is 35.7. The molecule has 7 aromatic heterocycles. The van der Waals surface area contributed by atoms with Crippen molar-refractivity contribution in [1.29, 1.82) is 0 Å². The zero-order chi connectivity index (χ0) is 47.8. The van der Waals surface area contributed by atoms with Gasteiger partial charge in [0.2, 0.25) is 0 Å². The molecule has 0 radical (unpaired) electrons. The molecule has 2 aliphatic heterocycles. The third-order valence-corrected chi connectivity index (χ3v) is 13.4. The van der Waals surface area contributed by atoms with E-state index in [1.807, 2.05) is 49.6 Å². The maximum Gasteiger partial charge on any atom is 0.0737 e. The van der Waals surface area contributed by atoms with Crippen molar-refractivity contribution in [2.45, 2.75) is 0 Å². The Bertz CT molecular complexity index is 3670. The molecule has 338 valence electrons. The predicted molar refractivity (Wildman–Crippen MR) is 294 cm³/mol. The summed E-state index contributed by atoms with van der Waals surface area (Å²) in [5.41, 5.74) is 23.5. The van der Waals surface area contributed by atoms with Gasteiger partial charge in [-0.15, -0.1) is 0 Å². The summed E-state index contributed by atoms with van der Waals surface area (Å²) in [6, 6.07) is 59.7. The summed E-state index contributed by atoms with van der Waals surface area (Å²) in [5.74, 6) is 0. The Morgan fingerprint density at radius 3 is 0.750 bits per heavy atom. The molecular weight excluding hydrogens is 881 g/mol. The molecule has 0 aliphatic carbocycles. The normalized spacial score (nSPS) is 11.8. The number of pyridine rings is 4. The fraction of sp³-hybridized carbons (Fsp3) is 0. The minimum Gasteiger partial charge on any atom is -0.354 e. The Balaban J connectivity index is 1.16. The summed E-state index contributed by atoms with van der Waals surface area (Å²) < 4.78 is 0. The van der Waals surface area contributed by atoms with Crippen molar-refractivity contribution >= 4 is 46.4 Å². The molecule has 0 fully saturated rings. The van der Waals surface area contributed by atoms with E-state index >= 15 is 0 Å². The lowest BCUT2D eigenvalue weighted by Crippen LogP contribution is -1.91. The zero-order valence-electron chi connectivity index (χ0n) is 38.8. The number of aromatic nitrogens is 8. The van der Waals surface area contributed by atoms with E-state index in [4.69, 9.17) is 9.97 Å². The van der Waals surface area contributed by atoms with Crippen LogP contribution in [0.25, 0.3) is 135 Å². The maximum absolute atomic E-state index is 5.61. The van der Waals surface area contributed by atoms with E-state index in [1.54, 1.807) is 0 Å². The second-order valence-electron chi connectivity index (χ2n) is 17.8. The van der Waals surface area contributed by atoms with Gasteiger partial charge in [-0.25, -0.2) is 9.97 Å². The van der Waals surface area contributed by atoms with Crippen molar-refractivity contribution in [2.24, 2.45) is 0 Å². The highest BCUT2D eigenvalue weighted by Crippen LogP contribution is 2.42. The SMILES string of the molecule is C1=Cc2nc1c(-c1ccccc1)c1ccc([nH]1)c(-c1cc(-c3ccncc3)cc(-c3ccncc3)c1)c1nc(c(-c3ccccc3)c3ccc([nH]3)c2-c2cc(-c3ccncc3)cc(-c3ccncc3)c2)C=C1. The molecule has 2 N–H and O–H groups in total. The van der Waals surface area contributed by atoms with Crippen LogP contribution >= 0.6 is 0 Å². The zero-order valence-corrected chi connectivity index (χ0v) is 38.8. The van der Waals surface area contributed by atoms with Crippen LogP contribution < -0.4 is 0 Å². The highest BCUT2D eigenvalue weighted by atomic mass is 14.8.